The molecule has 140 valence electrons. The number of nitrogens with zero attached hydrogens (tertiary/aromatic N) is 1. The molecule has 0 spiro atoms. The van der Waals surface area contributed by atoms with Crippen LogP contribution >= 0.6 is 0 Å². The van der Waals surface area contributed by atoms with Crippen LogP contribution in [0.1, 0.15) is 25.8 Å². The first-order chi connectivity index (χ1) is 12.2. The van der Waals surface area contributed by atoms with E-state index in [4.69, 9.17) is 8.92 Å². The maximum absolute atomic E-state index is 12.6. The summed E-state index contributed by atoms with van der Waals surface area (Å²) in [5, 5.41) is 0. The molecule has 1 fully saturated rings. The molecule has 1 aliphatic carbocycles. The number of ether oxygens (including phenoxy) is 1. The maximum atomic E-state index is 12.6. The first-order valence-corrected chi connectivity index (χ1v) is 9.82. The molecule has 26 heavy (non-hydrogen) atoms. The third-order valence-corrected chi connectivity index (χ3v) is 5.89. The molecule has 0 saturated carbocycles. The van der Waals surface area contributed by atoms with E-state index in [1.54, 1.807) is 25.1 Å². The van der Waals surface area contributed by atoms with Crippen molar-refractivity contribution in [3.8, 4) is 0 Å². The molecule has 1 amide bonds. The number of carbonyl (C=O) groups is 2. The molecule has 2 aliphatic rings. The second-order valence-electron chi connectivity index (χ2n) is 6.43. The number of hydrogen-bond donors (Lipinski definition) is 0. The van der Waals surface area contributed by atoms with E-state index in [1.165, 1.54) is 24.0 Å². The van der Waals surface area contributed by atoms with Gasteiger partial charge in [-0.3, -0.25) is 8.98 Å². The minimum atomic E-state index is -4.01. The Bertz CT molecular complexity index is 858. The van der Waals surface area contributed by atoms with E-state index in [9.17, 15) is 18.0 Å². The first-order valence-electron chi connectivity index (χ1n) is 8.41. The molecule has 1 heterocycles. The van der Waals surface area contributed by atoms with Crippen molar-refractivity contribution in [3.63, 3.8) is 0 Å². The number of amides is 1. The summed E-state index contributed by atoms with van der Waals surface area (Å²) in [5.74, 6) is -0.703. The summed E-state index contributed by atoms with van der Waals surface area (Å²) in [7, 11) is -4.01. The molecule has 3 rings (SSSR count). The highest BCUT2D eigenvalue weighted by Gasteiger charge is 2.57. The van der Waals surface area contributed by atoms with Crippen LogP contribution < -0.4 is 0 Å². The maximum Gasteiger partial charge on any atom is 0.333 e. The molecule has 0 unspecified atom stereocenters. The SMILES string of the molecule is CCOC(=O)C1=C[C@H]2[C@@H]([C@H](OS(=O)(=O)c3ccc(C)cc3)C1)N2C(C)=O. The number of benzene rings is 1. The standard InChI is InChI=1S/C18H21NO6S/c1-4-24-18(21)13-9-15-17(19(15)12(3)20)16(10-13)25-26(22,23)14-7-5-11(2)6-8-14/h5-9,15-17H,4,10H2,1-3H3/t15-,16+,17-,19?/m0/s1. The van der Waals surface area contributed by atoms with Gasteiger partial charge in [-0.05, 0) is 32.1 Å². The van der Waals surface area contributed by atoms with Crippen molar-refractivity contribution >= 4 is 22.0 Å². The van der Waals surface area contributed by atoms with Crippen molar-refractivity contribution in [2.45, 2.75) is 50.3 Å². The average molecular weight is 379 g/mol. The Morgan fingerprint density at radius 2 is 1.88 bits per heavy atom. The van der Waals surface area contributed by atoms with Crippen LogP contribution in [-0.2, 0) is 28.6 Å². The Kier molecular flexibility index (Phi) is 4.90. The summed E-state index contributed by atoms with van der Waals surface area (Å²) in [4.78, 5) is 25.4. The van der Waals surface area contributed by atoms with Gasteiger partial charge in [0.1, 0.15) is 6.10 Å². The molecule has 1 aromatic rings. The van der Waals surface area contributed by atoms with Crippen LogP contribution in [0.15, 0.2) is 40.8 Å². The number of aryl methyl sites for hydroxylation is 1. The number of fused-ring (bicyclic) bond motifs is 1. The lowest BCUT2D eigenvalue weighted by Crippen LogP contribution is -2.31. The molecular weight excluding hydrogens is 358 g/mol. The lowest BCUT2D eigenvalue weighted by molar-refractivity contribution is -0.139. The van der Waals surface area contributed by atoms with E-state index in [-0.39, 0.29) is 35.9 Å². The third-order valence-electron chi connectivity index (χ3n) is 4.54. The second-order valence-corrected chi connectivity index (χ2v) is 8.00. The lowest BCUT2D eigenvalue weighted by atomic mass is 9.97. The van der Waals surface area contributed by atoms with Gasteiger partial charge in [-0.15, -0.1) is 0 Å². The summed E-state index contributed by atoms with van der Waals surface area (Å²) in [6, 6.07) is 5.60. The van der Waals surface area contributed by atoms with Crippen LogP contribution in [-0.4, -0.2) is 50.0 Å². The summed E-state index contributed by atoms with van der Waals surface area (Å²) in [6.07, 6.45) is 0.928. The molecule has 0 bridgehead atoms. The highest BCUT2D eigenvalue weighted by atomic mass is 32.2. The molecule has 7 nitrogen and oxygen atoms in total. The Morgan fingerprint density at radius 1 is 1.23 bits per heavy atom. The van der Waals surface area contributed by atoms with E-state index in [0.717, 1.165) is 5.56 Å². The smallest absolute Gasteiger partial charge is 0.333 e. The van der Waals surface area contributed by atoms with Gasteiger partial charge in [0.05, 0.1) is 23.6 Å². The van der Waals surface area contributed by atoms with E-state index in [0.29, 0.717) is 5.57 Å². The predicted octanol–water partition coefficient (Wildman–Crippen LogP) is 1.56. The van der Waals surface area contributed by atoms with E-state index >= 15 is 0 Å². The van der Waals surface area contributed by atoms with Crippen LogP contribution in [0.5, 0.6) is 0 Å². The van der Waals surface area contributed by atoms with E-state index < -0.39 is 22.2 Å². The molecular formula is C18H21NO6S. The number of rotatable bonds is 5. The average Bonchev–Trinajstić information content (AvgIpc) is 3.30. The molecule has 0 radical (unpaired) electrons. The van der Waals surface area contributed by atoms with E-state index in [1.807, 2.05) is 6.92 Å². The molecule has 0 aromatic heterocycles. The Labute approximate surface area is 152 Å². The van der Waals surface area contributed by atoms with Gasteiger partial charge in [0.2, 0.25) is 5.91 Å². The topological polar surface area (TPSA) is 89.8 Å². The fourth-order valence-corrected chi connectivity index (χ4v) is 4.36. The van der Waals surface area contributed by atoms with Crippen molar-refractivity contribution in [1.29, 1.82) is 0 Å². The fraction of sp³-hybridized carbons (Fsp3) is 0.444. The second kappa shape index (κ2) is 6.85. The Hall–Kier alpha value is -2.19. The molecule has 3 atom stereocenters. The van der Waals surface area contributed by atoms with Crippen LogP contribution in [0.2, 0.25) is 0 Å². The van der Waals surface area contributed by atoms with Gasteiger partial charge >= 0.3 is 5.97 Å². The van der Waals surface area contributed by atoms with Crippen molar-refractivity contribution in [1.82, 2.24) is 4.90 Å². The Morgan fingerprint density at radius 3 is 2.46 bits per heavy atom. The quantitative estimate of drug-likeness (QED) is 0.438. The normalized spacial score (nSPS) is 24.5. The van der Waals surface area contributed by atoms with Crippen molar-refractivity contribution < 1.29 is 26.9 Å². The number of esters is 1. The summed E-state index contributed by atoms with van der Waals surface area (Å²) in [5.41, 5.74) is 1.26. The van der Waals surface area contributed by atoms with Crippen LogP contribution in [0.3, 0.4) is 0 Å². The van der Waals surface area contributed by atoms with Gasteiger partial charge in [0.15, 0.2) is 0 Å². The molecule has 0 N–H and O–H groups in total. The predicted molar refractivity (Wildman–Crippen MR) is 92.7 cm³/mol. The number of carbonyl (C=O) groups excluding carboxylic acids is 2. The van der Waals surface area contributed by atoms with Gasteiger partial charge in [-0.2, -0.15) is 8.42 Å². The van der Waals surface area contributed by atoms with Gasteiger partial charge < -0.3 is 9.64 Å². The van der Waals surface area contributed by atoms with Crippen molar-refractivity contribution in [2.24, 2.45) is 0 Å². The first kappa shape index (κ1) is 18.6. The van der Waals surface area contributed by atoms with Crippen LogP contribution in [0.25, 0.3) is 0 Å². The van der Waals surface area contributed by atoms with Gasteiger partial charge in [-0.1, -0.05) is 17.7 Å². The molecule has 1 aliphatic heterocycles. The monoisotopic (exact) mass is 379 g/mol. The summed E-state index contributed by atoms with van der Waals surface area (Å²) < 4.78 is 35.6. The zero-order valence-corrected chi connectivity index (χ0v) is 15.7. The molecule has 1 aromatic carbocycles. The van der Waals surface area contributed by atoms with Crippen LogP contribution in [0.4, 0.5) is 0 Å². The van der Waals surface area contributed by atoms with Gasteiger partial charge in [0, 0.05) is 18.9 Å². The highest BCUT2D eigenvalue weighted by molar-refractivity contribution is 7.86. The third kappa shape index (κ3) is 3.52. The Balaban J connectivity index is 1.84. The van der Waals surface area contributed by atoms with Crippen LogP contribution in [0, 0.1) is 6.92 Å². The fourth-order valence-electron chi connectivity index (χ4n) is 3.27. The summed E-state index contributed by atoms with van der Waals surface area (Å²) in [6.45, 7) is 5.17. The molecule has 1 saturated heterocycles. The van der Waals surface area contributed by atoms with Crippen molar-refractivity contribution in [2.75, 3.05) is 6.61 Å². The van der Waals surface area contributed by atoms with E-state index in [2.05, 4.69) is 0 Å². The molecule has 8 heteroatoms. The van der Waals surface area contributed by atoms with Gasteiger partial charge in [0.25, 0.3) is 10.1 Å². The minimum absolute atomic E-state index is 0.0434. The lowest BCUT2D eigenvalue weighted by Gasteiger charge is -2.20. The minimum Gasteiger partial charge on any atom is -0.463 e. The number of hydrogen-bond acceptors (Lipinski definition) is 6. The van der Waals surface area contributed by atoms with Crippen molar-refractivity contribution in [3.05, 3.63) is 41.5 Å². The summed E-state index contributed by atoms with van der Waals surface area (Å²) >= 11 is 0. The van der Waals surface area contributed by atoms with Gasteiger partial charge in [-0.25, -0.2) is 4.79 Å². The highest BCUT2D eigenvalue weighted by Crippen LogP contribution is 2.42. The zero-order valence-electron chi connectivity index (χ0n) is 14.8. The zero-order chi connectivity index (χ0) is 19.1. The largest absolute Gasteiger partial charge is 0.463 e.